The number of aromatic nitrogens is 1. The van der Waals surface area contributed by atoms with Gasteiger partial charge in [0.2, 0.25) is 0 Å². The van der Waals surface area contributed by atoms with Crippen molar-refractivity contribution in [1.29, 1.82) is 0 Å². The van der Waals surface area contributed by atoms with Crippen molar-refractivity contribution in [3.05, 3.63) is 23.5 Å². The van der Waals surface area contributed by atoms with E-state index in [1.807, 2.05) is 0 Å². The Labute approximate surface area is 82.4 Å². The molecule has 2 rings (SSSR count). The maximum absolute atomic E-state index is 11.1. The number of aromatic amines is 1. The molecular weight excluding hydrogens is 180 g/mol. The lowest BCUT2D eigenvalue weighted by molar-refractivity contribution is 0.0595. The molecule has 1 unspecified atom stereocenters. The van der Waals surface area contributed by atoms with E-state index in [0.29, 0.717) is 11.6 Å². The average Bonchev–Trinajstić information content (AvgIpc) is 2.93. The molecule has 3 N–H and O–H groups in total. The molecule has 1 atom stereocenters. The third-order valence-electron chi connectivity index (χ3n) is 2.63. The Morgan fingerprint density at radius 3 is 3.00 bits per heavy atom. The molecule has 0 bridgehead atoms. The molecule has 1 aliphatic carbocycles. The number of carbonyl (C=O) groups excluding carboxylic acids is 1. The molecule has 0 radical (unpaired) electrons. The maximum Gasteiger partial charge on any atom is 0.354 e. The number of ether oxygens (including phenoxy) is 1. The number of nitrogens with two attached hydrogens (primary N) is 1. The Morgan fingerprint density at radius 1 is 1.71 bits per heavy atom. The summed E-state index contributed by atoms with van der Waals surface area (Å²) in [5, 5.41) is 0. The Morgan fingerprint density at radius 2 is 2.43 bits per heavy atom. The van der Waals surface area contributed by atoms with Crippen molar-refractivity contribution in [3.8, 4) is 0 Å². The third kappa shape index (κ3) is 1.65. The van der Waals surface area contributed by atoms with Crippen molar-refractivity contribution in [2.75, 3.05) is 7.11 Å². The van der Waals surface area contributed by atoms with E-state index < -0.39 is 0 Å². The van der Waals surface area contributed by atoms with Crippen LogP contribution in [0.4, 0.5) is 0 Å². The zero-order chi connectivity index (χ0) is 10.1. The second-order valence-corrected chi connectivity index (χ2v) is 3.70. The molecule has 0 amide bonds. The molecule has 0 spiro atoms. The van der Waals surface area contributed by atoms with Gasteiger partial charge in [-0.2, -0.15) is 0 Å². The van der Waals surface area contributed by atoms with E-state index in [2.05, 4.69) is 9.72 Å². The predicted octanol–water partition coefficient (Wildman–Crippen LogP) is 1.21. The zero-order valence-corrected chi connectivity index (χ0v) is 8.12. The van der Waals surface area contributed by atoms with Crippen molar-refractivity contribution in [2.24, 2.45) is 11.7 Å². The minimum Gasteiger partial charge on any atom is -0.464 e. The summed E-state index contributed by atoms with van der Waals surface area (Å²) in [6.45, 7) is 0. The van der Waals surface area contributed by atoms with Crippen LogP contribution in [0.15, 0.2) is 12.3 Å². The van der Waals surface area contributed by atoms with Gasteiger partial charge >= 0.3 is 5.97 Å². The molecule has 1 saturated carbocycles. The normalized spacial score (nSPS) is 17.9. The number of nitrogens with one attached hydrogen (secondary N) is 1. The molecule has 1 aliphatic rings. The quantitative estimate of drug-likeness (QED) is 0.711. The van der Waals surface area contributed by atoms with Crippen LogP contribution in [-0.4, -0.2) is 18.1 Å². The van der Waals surface area contributed by atoms with E-state index in [1.165, 1.54) is 20.0 Å². The van der Waals surface area contributed by atoms with Gasteiger partial charge in [-0.1, -0.05) is 0 Å². The number of methoxy groups -OCH3 is 1. The number of hydrogen-bond donors (Lipinski definition) is 2. The molecule has 4 heteroatoms. The van der Waals surface area contributed by atoms with Gasteiger partial charge in [-0.25, -0.2) is 4.79 Å². The lowest BCUT2D eigenvalue weighted by Crippen LogP contribution is -2.11. The van der Waals surface area contributed by atoms with Gasteiger partial charge in [0.15, 0.2) is 0 Å². The third-order valence-corrected chi connectivity index (χ3v) is 2.63. The van der Waals surface area contributed by atoms with Gasteiger partial charge in [-0.3, -0.25) is 0 Å². The van der Waals surface area contributed by atoms with Crippen LogP contribution in [0.3, 0.4) is 0 Å². The average molecular weight is 194 g/mol. The van der Waals surface area contributed by atoms with Gasteiger partial charge in [-0.05, 0) is 30.4 Å². The first-order valence-corrected chi connectivity index (χ1v) is 4.74. The zero-order valence-electron chi connectivity index (χ0n) is 8.12. The van der Waals surface area contributed by atoms with Crippen molar-refractivity contribution in [3.63, 3.8) is 0 Å². The van der Waals surface area contributed by atoms with Crippen LogP contribution in [0, 0.1) is 5.92 Å². The molecule has 0 aromatic carbocycles. The van der Waals surface area contributed by atoms with Crippen molar-refractivity contribution < 1.29 is 9.53 Å². The van der Waals surface area contributed by atoms with E-state index in [4.69, 9.17) is 5.73 Å². The highest BCUT2D eigenvalue weighted by Gasteiger charge is 2.30. The van der Waals surface area contributed by atoms with E-state index >= 15 is 0 Å². The molecule has 1 fully saturated rings. The van der Waals surface area contributed by atoms with E-state index in [0.717, 1.165) is 5.56 Å². The number of carbonyl (C=O) groups is 1. The van der Waals surface area contributed by atoms with Crippen molar-refractivity contribution in [2.45, 2.75) is 18.9 Å². The first-order valence-electron chi connectivity index (χ1n) is 4.74. The largest absolute Gasteiger partial charge is 0.464 e. The van der Waals surface area contributed by atoms with Crippen LogP contribution in [0.25, 0.3) is 0 Å². The summed E-state index contributed by atoms with van der Waals surface area (Å²) >= 11 is 0. The minimum absolute atomic E-state index is 0.0599. The highest BCUT2D eigenvalue weighted by atomic mass is 16.5. The topological polar surface area (TPSA) is 68.1 Å². The molecule has 1 heterocycles. The molecule has 4 nitrogen and oxygen atoms in total. The fourth-order valence-electron chi connectivity index (χ4n) is 1.56. The van der Waals surface area contributed by atoms with E-state index in [1.54, 1.807) is 12.3 Å². The van der Waals surface area contributed by atoms with Crippen LogP contribution in [0.2, 0.25) is 0 Å². The molecular formula is C10H14N2O2. The molecule has 1 aromatic rings. The molecule has 0 aliphatic heterocycles. The van der Waals surface area contributed by atoms with E-state index in [-0.39, 0.29) is 12.0 Å². The lowest BCUT2D eigenvalue weighted by atomic mass is 10.1. The fraction of sp³-hybridized carbons (Fsp3) is 0.500. The molecule has 14 heavy (non-hydrogen) atoms. The summed E-state index contributed by atoms with van der Waals surface area (Å²) in [6.07, 6.45) is 4.18. The molecule has 0 saturated heterocycles. The Bertz CT molecular complexity index is 342. The predicted molar refractivity (Wildman–Crippen MR) is 51.8 cm³/mol. The summed E-state index contributed by atoms with van der Waals surface area (Å²) in [5.74, 6) is 0.246. The summed E-state index contributed by atoms with van der Waals surface area (Å²) < 4.78 is 4.59. The minimum atomic E-state index is -0.348. The maximum atomic E-state index is 11.1. The number of rotatable bonds is 3. The summed E-state index contributed by atoms with van der Waals surface area (Å²) in [5.41, 5.74) is 7.45. The van der Waals surface area contributed by atoms with Gasteiger partial charge < -0.3 is 15.5 Å². The Balaban J connectivity index is 2.12. The molecule has 76 valence electrons. The highest BCUT2D eigenvalue weighted by Crippen LogP contribution is 2.39. The van der Waals surface area contributed by atoms with E-state index in [9.17, 15) is 4.79 Å². The van der Waals surface area contributed by atoms with Gasteiger partial charge in [0.1, 0.15) is 5.69 Å². The van der Waals surface area contributed by atoms with Gasteiger partial charge in [0.05, 0.1) is 7.11 Å². The standard InChI is InChI=1S/C10H14N2O2/c1-14-10(13)8-4-7(5-12-8)9(11)6-2-3-6/h4-6,9,12H,2-3,11H2,1H3. The van der Waals surface area contributed by atoms with Crippen LogP contribution in [-0.2, 0) is 4.74 Å². The molecule has 1 aromatic heterocycles. The van der Waals surface area contributed by atoms with Crippen LogP contribution in [0.1, 0.15) is 34.9 Å². The Hall–Kier alpha value is -1.29. The highest BCUT2D eigenvalue weighted by molar-refractivity contribution is 5.87. The van der Waals surface area contributed by atoms with Crippen LogP contribution >= 0.6 is 0 Å². The van der Waals surface area contributed by atoms with Gasteiger partial charge in [-0.15, -0.1) is 0 Å². The van der Waals surface area contributed by atoms with Crippen molar-refractivity contribution >= 4 is 5.97 Å². The monoisotopic (exact) mass is 194 g/mol. The van der Waals surface area contributed by atoms with Crippen LogP contribution < -0.4 is 5.73 Å². The summed E-state index contributed by atoms with van der Waals surface area (Å²) in [4.78, 5) is 14.0. The first kappa shape index (κ1) is 9.27. The number of esters is 1. The van der Waals surface area contributed by atoms with Gasteiger partial charge in [0, 0.05) is 12.2 Å². The van der Waals surface area contributed by atoms with Crippen LogP contribution in [0.5, 0.6) is 0 Å². The first-order chi connectivity index (χ1) is 6.72. The van der Waals surface area contributed by atoms with Crippen molar-refractivity contribution in [1.82, 2.24) is 4.98 Å². The second-order valence-electron chi connectivity index (χ2n) is 3.70. The Kier molecular flexibility index (Phi) is 2.29. The number of hydrogen-bond acceptors (Lipinski definition) is 3. The smallest absolute Gasteiger partial charge is 0.354 e. The number of H-pyrrole nitrogens is 1. The second kappa shape index (κ2) is 3.46. The van der Waals surface area contributed by atoms with Gasteiger partial charge in [0.25, 0.3) is 0 Å². The fourth-order valence-corrected chi connectivity index (χ4v) is 1.56. The summed E-state index contributed by atoms with van der Waals surface area (Å²) in [6, 6.07) is 1.83. The SMILES string of the molecule is COC(=O)c1cc(C(N)C2CC2)c[nH]1. The lowest BCUT2D eigenvalue weighted by Gasteiger charge is -2.05. The summed E-state index contributed by atoms with van der Waals surface area (Å²) in [7, 11) is 1.36.